The zero-order valence-electron chi connectivity index (χ0n) is 12.3. The maximum absolute atomic E-state index is 12.2. The van der Waals surface area contributed by atoms with E-state index in [9.17, 15) is 4.79 Å². The molecular formula is C16H24N2O2. The zero-order valence-corrected chi connectivity index (χ0v) is 12.3. The molecule has 0 aromatic heterocycles. The SMILES string of the molecule is COCc1ccccc1CNC(=O)[C@H]1CCN[C@@H](C)C1. The number of hydrogen-bond acceptors (Lipinski definition) is 3. The molecule has 0 bridgehead atoms. The van der Waals surface area contributed by atoms with Crippen LogP contribution >= 0.6 is 0 Å². The van der Waals surface area contributed by atoms with Crippen molar-refractivity contribution in [2.45, 2.75) is 39.0 Å². The molecule has 1 aliphatic rings. The van der Waals surface area contributed by atoms with Gasteiger partial charge in [-0.1, -0.05) is 24.3 Å². The van der Waals surface area contributed by atoms with Crippen molar-refractivity contribution in [3.63, 3.8) is 0 Å². The summed E-state index contributed by atoms with van der Waals surface area (Å²) in [6.07, 6.45) is 1.85. The second-order valence-electron chi connectivity index (χ2n) is 5.50. The molecule has 1 saturated heterocycles. The monoisotopic (exact) mass is 276 g/mol. The Morgan fingerprint density at radius 2 is 2.15 bits per heavy atom. The number of rotatable bonds is 5. The summed E-state index contributed by atoms with van der Waals surface area (Å²) >= 11 is 0. The maximum atomic E-state index is 12.2. The van der Waals surface area contributed by atoms with Gasteiger partial charge in [0.05, 0.1) is 6.61 Å². The number of carbonyl (C=O) groups excluding carboxylic acids is 1. The lowest BCUT2D eigenvalue weighted by molar-refractivity contribution is -0.126. The molecule has 1 heterocycles. The fourth-order valence-corrected chi connectivity index (χ4v) is 2.72. The largest absolute Gasteiger partial charge is 0.380 e. The quantitative estimate of drug-likeness (QED) is 0.863. The highest BCUT2D eigenvalue weighted by molar-refractivity contribution is 5.78. The Balaban J connectivity index is 1.89. The van der Waals surface area contributed by atoms with Crippen LogP contribution in [0.3, 0.4) is 0 Å². The molecule has 1 amide bonds. The summed E-state index contributed by atoms with van der Waals surface area (Å²) < 4.78 is 5.18. The van der Waals surface area contributed by atoms with Crippen molar-refractivity contribution in [2.75, 3.05) is 13.7 Å². The van der Waals surface area contributed by atoms with Gasteiger partial charge in [0, 0.05) is 25.6 Å². The molecule has 1 fully saturated rings. The van der Waals surface area contributed by atoms with Crippen LogP contribution in [0, 0.1) is 5.92 Å². The smallest absolute Gasteiger partial charge is 0.223 e. The molecule has 2 rings (SSSR count). The van der Waals surface area contributed by atoms with Crippen LogP contribution in [-0.2, 0) is 22.7 Å². The average Bonchev–Trinajstić information content (AvgIpc) is 2.46. The molecule has 20 heavy (non-hydrogen) atoms. The van der Waals surface area contributed by atoms with E-state index in [1.165, 1.54) is 0 Å². The summed E-state index contributed by atoms with van der Waals surface area (Å²) in [5.41, 5.74) is 2.26. The minimum absolute atomic E-state index is 0.140. The Kier molecular flexibility index (Phi) is 5.56. The number of benzene rings is 1. The summed E-state index contributed by atoms with van der Waals surface area (Å²) in [7, 11) is 1.69. The van der Waals surface area contributed by atoms with E-state index in [0.29, 0.717) is 19.2 Å². The lowest BCUT2D eigenvalue weighted by Gasteiger charge is -2.27. The minimum Gasteiger partial charge on any atom is -0.380 e. The summed E-state index contributed by atoms with van der Waals surface area (Å²) in [5.74, 6) is 0.311. The van der Waals surface area contributed by atoms with E-state index in [1.807, 2.05) is 24.3 Å². The fourth-order valence-electron chi connectivity index (χ4n) is 2.72. The summed E-state index contributed by atoms with van der Waals surface area (Å²) in [4.78, 5) is 12.2. The standard InChI is InChI=1S/C16H24N2O2/c1-12-9-13(7-8-17-12)16(19)18-10-14-5-3-4-6-15(14)11-20-2/h3-6,12-13,17H,7-11H2,1-2H3,(H,18,19)/t12-,13-/m0/s1. The highest BCUT2D eigenvalue weighted by Crippen LogP contribution is 2.16. The molecule has 1 aliphatic heterocycles. The van der Waals surface area contributed by atoms with E-state index in [-0.39, 0.29) is 11.8 Å². The van der Waals surface area contributed by atoms with Gasteiger partial charge in [0.2, 0.25) is 5.91 Å². The molecule has 0 saturated carbocycles. The summed E-state index contributed by atoms with van der Waals surface area (Å²) in [5, 5.41) is 6.44. The van der Waals surface area contributed by atoms with Gasteiger partial charge in [-0.2, -0.15) is 0 Å². The third-order valence-electron chi connectivity index (χ3n) is 3.87. The van der Waals surface area contributed by atoms with Crippen molar-refractivity contribution in [1.82, 2.24) is 10.6 Å². The lowest BCUT2D eigenvalue weighted by atomic mass is 9.92. The predicted molar refractivity (Wildman–Crippen MR) is 79.2 cm³/mol. The molecule has 0 spiro atoms. The van der Waals surface area contributed by atoms with E-state index < -0.39 is 0 Å². The van der Waals surface area contributed by atoms with E-state index in [0.717, 1.165) is 30.5 Å². The number of piperidine rings is 1. The Hall–Kier alpha value is -1.39. The number of carbonyl (C=O) groups is 1. The van der Waals surface area contributed by atoms with Crippen LogP contribution in [0.5, 0.6) is 0 Å². The molecule has 4 nitrogen and oxygen atoms in total. The first-order valence-corrected chi connectivity index (χ1v) is 7.27. The van der Waals surface area contributed by atoms with E-state index >= 15 is 0 Å². The van der Waals surface area contributed by atoms with Gasteiger partial charge < -0.3 is 15.4 Å². The first kappa shape index (κ1) is 15.0. The Bertz CT molecular complexity index is 448. The van der Waals surface area contributed by atoms with Gasteiger partial charge in [-0.3, -0.25) is 4.79 Å². The molecular weight excluding hydrogens is 252 g/mol. The first-order valence-electron chi connectivity index (χ1n) is 7.27. The summed E-state index contributed by atoms with van der Waals surface area (Å²) in [6, 6.07) is 8.50. The van der Waals surface area contributed by atoms with Crippen molar-refractivity contribution in [2.24, 2.45) is 5.92 Å². The number of amides is 1. The number of methoxy groups -OCH3 is 1. The highest BCUT2D eigenvalue weighted by atomic mass is 16.5. The number of ether oxygens (including phenoxy) is 1. The van der Waals surface area contributed by atoms with Crippen LogP contribution < -0.4 is 10.6 Å². The van der Waals surface area contributed by atoms with E-state index in [2.05, 4.69) is 17.6 Å². The molecule has 1 aromatic carbocycles. The Morgan fingerprint density at radius 3 is 2.85 bits per heavy atom. The normalized spacial score (nSPS) is 22.5. The van der Waals surface area contributed by atoms with Gasteiger partial charge in [0.1, 0.15) is 0 Å². The average molecular weight is 276 g/mol. The van der Waals surface area contributed by atoms with Gasteiger partial charge in [0.25, 0.3) is 0 Å². The third-order valence-corrected chi connectivity index (χ3v) is 3.87. The molecule has 0 aliphatic carbocycles. The van der Waals surface area contributed by atoms with Crippen LogP contribution in [0.1, 0.15) is 30.9 Å². The van der Waals surface area contributed by atoms with Crippen molar-refractivity contribution in [1.29, 1.82) is 0 Å². The van der Waals surface area contributed by atoms with Gasteiger partial charge in [-0.15, -0.1) is 0 Å². The summed E-state index contributed by atoms with van der Waals surface area (Å²) in [6.45, 7) is 4.22. The molecule has 4 heteroatoms. The van der Waals surface area contributed by atoms with Crippen molar-refractivity contribution >= 4 is 5.91 Å². The molecule has 0 unspecified atom stereocenters. The Labute approximate surface area is 120 Å². The molecule has 0 radical (unpaired) electrons. The minimum atomic E-state index is 0.140. The van der Waals surface area contributed by atoms with E-state index in [4.69, 9.17) is 4.74 Å². The molecule has 1 aromatic rings. The molecule has 2 N–H and O–H groups in total. The van der Waals surface area contributed by atoms with Gasteiger partial charge in [-0.25, -0.2) is 0 Å². The van der Waals surface area contributed by atoms with Gasteiger partial charge in [-0.05, 0) is 37.4 Å². The van der Waals surface area contributed by atoms with Crippen LogP contribution in [-0.4, -0.2) is 25.6 Å². The number of hydrogen-bond donors (Lipinski definition) is 2. The highest BCUT2D eigenvalue weighted by Gasteiger charge is 2.24. The predicted octanol–water partition coefficient (Wildman–Crippen LogP) is 1.84. The fraction of sp³-hybridized carbons (Fsp3) is 0.562. The number of nitrogens with one attached hydrogen (secondary N) is 2. The van der Waals surface area contributed by atoms with Gasteiger partial charge >= 0.3 is 0 Å². The van der Waals surface area contributed by atoms with Crippen LogP contribution in [0.15, 0.2) is 24.3 Å². The van der Waals surface area contributed by atoms with Crippen LogP contribution in [0.4, 0.5) is 0 Å². The van der Waals surface area contributed by atoms with Crippen LogP contribution in [0.2, 0.25) is 0 Å². The topological polar surface area (TPSA) is 50.4 Å². The molecule has 110 valence electrons. The second kappa shape index (κ2) is 7.41. The van der Waals surface area contributed by atoms with Crippen molar-refractivity contribution in [3.05, 3.63) is 35.4 Å². The van der Waals surface area contributed by atoms with Crippen molar-refractivity contribution < 1.29 is 9.53 Å². The van der Waals surface area contributed by atoms with Crippen LogP contribution in [0.25, 0.3) is 0 Å². The second-order valence-corrected chi connectivity index (χ2v) is 5.50. The third kappa shape index (κ3) is 4.05. The van der Waals surface area contributed by atoms with Crippen molar-refractivity contribution in [3.8, 4) is 0 Å². The first-order chi connectivity index (χ1) is 9.70. The van der Waals surface area contributed by atoms with Gasteiger partial charge in [0.15, 0.2) is 0 Å². The van der Waals surface area contributed by atoms with E-state index in [1.54, 1.807) is 7.11 Å². The maximum Gasteiger partial charge on any atom is 0.223 e. The Morgan fingerprint density at radius 1 is 1.40 bits per heavy atom. The zero-order chi connectivity index (χ0) is 14.4. The lowest BCUT2D eigenvalue weighted by Crippen LogP contribution is -2.42. The molecule has 2 atom stereocenters.